The van der Waals surface area contributed by atoms with Crippen LogP contribution in [0.5, 0.6) is 11.5 Å². The first-order valence-corrected chi connectivity index (χ1v) is 8.30. The van der Waals surface area contributed by atoms with Gasteiger partial charge in [0, 0.05) is 29.9 Å². The van der Waals surface area contributed by atoms with Gasteiger partial charge < -0.3 is 19.7 Å². The van der Waals surface area contributed by atoms with Crippen molar-refractivity contribution in [3.63, 3.8) is 0 Å². The Labute approximate surface area is 149 Å². The maximum atomic E-state index is 12.4. The molecule has 6 nitrogen and oxygen atoms in total. The summed E-state index contributed by atoms with van der Waals surface area (Å²) < 4.78 is 10.5. The molecule has 2 heterocycles. The number of amides is 2. The number of fused-ring (bicyclic) bond motifs is 1. The average Bonchev–Trinajstić information content (AvgIpc) is 3.24. The molecule has 25 heavy (non-hydrogen) atoms. The zero-order valence-electron chi connectivity index (χ0n) is 13.3. The van der Waals surface area contributed by atoms with Crippen molar-refractivity contribution in [3.8, 4) is 11.5 Å². The summed E-state index contributed by atoms with van der Waals surface area (Å²) in [5, 5.41) is 3.14. The molecule has 1 saturated heterocycles. The molecule has 2 aliphatic rings. The van der Waals surface area contributed by atoms with Crippen LogP contribution in [0, 0.1) is 0 Å². The minimum atomic E-state index is -0.301. The second kappa shape index (κ2) is 6.29. The third-order valence-electron chi connectivity index (χ3n) is 4.20. The molecule has 7 heteroatoms. The molecule has 0 unspecified atom stereocenters. The van der Waals surface area contributed by atoms with Crippen molar-refractivity contribution in [2.45, 2.75) is 12.8 Å². The van der Waals surface area contributed by atoms with Gasteiger partial charge in [0.15, 0.2) is 11.5 Å². The maximum absolute atomic E-state index is 12.4. The third-order valence-corrected chi connectivity index (χ3v) is 4.48. The predicted octanol–water partition coefficient (Wildman–Crippen LogP) is 3.45. The van der Waals surface area contributed by atoms with Gasteiger partial charge in [-0.25, -0.2) is 0 Å². The van der Waals surface area contributed by atoms with E-state index in [1.165, 1.54) is 0 Å². The average molecular weight is 359 g/mol. The van der Waals surface area contributed by atoms with Crippen molar-refractivity contribution >= 4 is 34.8 Å². The van der Waals surface area contributed by atoms with Crippen molar-refractivity contribution < 1.29 is 19.1 Å². The molecule has 1 fully saturated rings. The van der Waals surface area contributed by atoms with Gasteiger partial charge in [-0.2, -0.15) is 0 Å². The molecule has 2 amide bonds. The van der Waals surface area contributed by atoms with Crippen LogP contribution in [0.3, 0.4) is 0 Å². The van der Waals surface area contributed by atoms with E-state index in [9.17, 15) is 9.59 Å². The summed E-state index contributed by atoms with van der Waals surface area (Å²) in [7, 11) is 0. The smallest absolute Gasteiger partial charge is 0.255 e. The lowest BCUT2D eigenvalue weighted by Crippen LogP contribution is -2.23. The maximum Gasteiger partial charge on any atom is 0.255 e. The highest BCUT2D eigenvalue weighted by atomic mass is 35.5. The summed E-state index contributed by atoms with van der Waals surface area (Å²) in [5.41, 5.74) is 1.86. The molecule has 2 aromatic carbocycles. The first kappa shape index (κ1) is 15.8. The summed E-state index contributed by atoms with van der Waals surface area (Å²) in [4.78, 5) is 26.0. The monoisotopic (exact) mass is 358 g/mol. The molecule has 0 saturated carbocycles. The largest absolute Gasteiger partial charge is 0.454 e. The van der Waals surface area contributed by atoms with E-state index in [0.29, 0.717) is 34.2 Å². The molecule has 0 aliphatic carbocycles. The Bertz CT molecular complexity index is 851. The Balaban J connectivity index is 1.49. The summed E-state index contributed by atoms with van der Waals surface area (Å²) >= 11 is 6.11. The molecule has 0 spiro atoms. The Morgan fingerprint density at radius 1 is 1.16 bits per heavy atom. The minimum Gasteiger partial charge on any atom is -0.454 e. The summed E-state index contributed by atoms with van der Waals surface area (Å²) in [6, 6.07) is 10.3. The Hall–Kier alpha value is -2.73. The summed E-state index contributed by atoms with van der Waals surface area (Å²) in [5.74, 6) is 0.746. The van der Waals surface area contributed by atoms with Crippen LogP contribution in [0.2, 0.25) is 5.02 Å². The number of hydrogen-bond donors (Lipinski definition) is 1. The lowest BCUT2D eigenvalue weighted by atomic mass is 10.1. The van der Waals surface area contributed by atoms with E-state index < -0.39 is 0 Å². The van der Waals surface area contributed by atoms with Gasteiger partial charge in [0.05, 0.1) is 5.02 Å². The summed E-state index contributed by atoms with van der Waals surface area (Å²) in [6.45, 7) is 0.830. The second-order valence-corrected chi connectivity index (χ2v) is 6.25. The molecular formula is C18H15ClN2O4. The van der Waals surface area contributed by atoms with E-state index in [4.69, 9.17) is 21.1 Å². The predicted molar refractivity (Wildman–Crippen MR) is 93.6 cm³/mol. The zero-order chi connectivity index (χ0) is 17.4. The minimum absolute atomic E-state index is 0.0941. The van der Waals surface area contributed by atoms with Gasteiger partial charge in [-0.05, 0) is 42.8 Å². The second-order valence-electron chi connectivity index (χ2n) is 5.84. The first-order valence-electron chi connectivity index (χ1n) is 7.93. The van der Waals surface area contributed by atoms with Gasteiger partial charge in [-0.1, -0.05) is 11.6 Å². The Morgan fingerprint density at radius 3 is 2.68 bits per heavy atom. The van der Waals surface area contributed by atoms with Crippen LogP contribution in [0.1, 0.15) is 23.2 Å². The van der Waals surface area contributed by atoms with Gasteiger partial charge in [-0.15, -0.1) is 0 Å². The molecule has 128 valence electrons. The van der Waals surface area contributed by atoms with Crippen LogP contribution in [-0.2, 0) is 4.79 Å². The van der Waals surface area contributed by atoms with E-state index in [-0.39, 0.29) is 18.6 Å². The molecule has 0 bridgehead atoms. The topological polar surface area (TPSA) is 67.9 Å². The number of anilines is 2. The molecule has 0 atom stereocenters. The Kier molecular flexibility index (Phi) is 3.97. The highest BCUT2D eigenvalue weighted by molar-refractivity contribution is 6.32. The molecule has 0 radical (unpaired) electrons. The highest BCUT2D eigenvalue weighted by Gasteiger charge is 2.22. The molecule has 0 aromatic heterocycles. The Morgan fingerprint density at radius 2 is 1.96 bits per heavy atom. The van der Waals surface area contributed by atoms with E-state index in [2.05, 4.69) is 5.32 Å². The lowest BCUT2D eigenvalue weighted by molar-refractivity contribution is -0.117. The third kappa shape index (κ3) is 3.00. The number of rotatable bonds is 3. The van der Waals surface area contributed by atoms with Crippen molar-refractivity contribution in [1.29, 1.82) is 0 Å². The number of carbonyl (C=O) groups excluding carboxylic acids is 2. The van der Waals surface area contributed by atoms with Crippen LogP contribution in [0.25, 0.3) is 0 Å². The van der Waals surface area contributed by atoms with E-state index >= 15 is 0 Å². The number of nitrogens with zero attached hydrogens (tertiary/aromatic N) is 1. The molecule has 1 N–H and O–H groups in total. The number of halogens is 1. The number of carbonyl (C=O) groups is 2. The van der Waals surface area contributed by atoms with Crippen molar-refractivity contribution in [3.05, 3.63) is 47.0 Å². The van der Waals surface area contributed by atoms with Crippen LogP contribution in [-0.4, -0.2) is 25.2 Å². The van der Waals surface area contributed by atoms with Crippen molar-refractivity contribution in [2.75, 3.05) is 23.6 Å². The van der Waals surface area contributed by atoms with Gasteiger partial charge in [-0.3, -0.25) is 9.59 Å². The normalized spacial score (nSPS) is 15.6. The van der Waals surface area contributed by atoms with Crippen LogP contribution in [0.15, 0.2) is 36.4 Å². The standard InChI is InChI=1S/C18H15ClN2O4/c19-14-8-11(9-15-17(14)25-10-24-15)18(23)20-12-3-5-13(6-4-12)21-7-1-2-16(21)22/h3-6,8-9H,1-2,7,10H2,(H,20,23). The first-order chi connectivity index (χ1) is 12.1. The van der Waals surface area contributed by atoms with E-state index in [1.807, 2.05) is 12.1 Å². The van der Waals surface area contributed by atoms with E-state index in [0.717, 1.165) is 18.7 Å². The van der Waals surface area contributed by atoms with Crippen LogP contribution < -0.4 is 19.7 Å². The molecular weight excluding hydrogens is 344 g/mol. The van der Waals surface area contributed by atoms with Gasteiger partial charge in [0.25, 0.3) is 5.91 Å². The number of ether oxygens (including phenoxy) is 2. The fraction of sp³-hybridized carbons (Fsp3) is 0.222. The molecule has 2 aliphatic heterocycles. The fourth-order valence-corrected chi connectivity index (χ4v) is 3.21. The molecule has 4 rings (SSSR count). The van der Waals surface area contributed by atoms with Crippen molar-refractivity contribution in [2.24, 2.45) is 0 Å². The van der Waals surface area contributed by atoms with Gasteiger partial charge in [0.1, 0.15) is 0 Å². The van der Waals surface area contributed by atoms with Crippen LogP contribution in [0.4, 0.5) is 11.4 Å². The quantitative estimate of drug-likeness (QED) is 0.912. The molecule has 2 aromatic rings. The van der Waals surface area contributed by atoms with Gasteiger partial charge >= 0.3 is 0 Å². The van der Waals surface area contributed by atoms with E-state index in [1.54, 1.807) is 29.2 Å². The van der Waals surface area contributed by atoms with Gasteiger partial charge in [0.2, 0.25) is 12.7 Å². The lowest BCUT2D eigenvalue weighted by Gasteiger charge is -2.16. The number of benzene rings is 2. The highest BCUT2D eigenvalue weighted by Crippen LogP contribution is 2.39. The van der Waals surface area contributed by atoms with Crippen LogP contribution >= 0.6 is 11.6 Å². The fourth-order valence-electron chi connectivity index (χ4n) is 2.95. The zero-order valence-corrected chi connectivity index (χ0v) is 14.0. The van der Waals surface area contributed by atoms with Crippen molar-refractivity contribution in [1.82, 2.24) is 0 Å². The number of hydrogen-bond acceptors (Lipinski definition) is 4. The SMILES string of the molecule is O=C(Nc1ccc(N2CCCC2=O)cc1)c1cc(Cl)c2c(c1)OCO2. The summed E-state index contributed by atoms with van der Waals surface area (Å²) in [6.07, 6.45) is 1.46. The number of nitrogens with one attached hydrogen (secondary N) is 1.